The van der Waals surface area contributed by atoms with Gasteiger partial charge in [0.2, 0.25) is 0 Å². The molecule has 192 valence electrons. The molecule has 0 aliphatic carbocycles. The van der Waals surface area contributed by atoms with Gasteiger partial charge < -0.3 is 9.64 Å². The molecule has 1 aromatic carbocycles. The number of hydrogen-bond acceptors (Lipinski definition) is 9. The molecular weight excluding hydrogens is 510 g/mol. The number of rotatable bonds is 6. The van der Waals surface area contributed by atoms with Crippen molar-refractivity contribution >= 4 is 46.2 Å². The predicted molar refractivity (Wildman–Crippen MR) is 150 cm³/mol. The second kappa shape index (κ2) is 10.3. The van der Waals surface area contributed by atoms with E-state index in [0.29, 0.717) is 13.2 Å². The SMILES string of the molecule is C(=Cc1nc2c(N3CCOCC3)ccnn2c1-c1ccc(Sc2cnn[nH]2)nc1)c1ccc2ccccc2n1. The summed E-state index contributed by atoms with van der Waals surface area (Å²) < 4.78 is 7.48. The quantitative estimate of drug-likeness (QED) is 0.328. The number of nitrogens with zero attached hydrogens (tertiary/aromatic N) is 8. The van der Waals surface area contributed by atoms with Gasteiger partial charge in [-0.05, 0) is 54.2 Å². The van der Waals surface area contributed by atoms with Gasteiger partial charge in [0.15, 0.2) is 5.65 Å². The summed E-state index contributed by atoms with van der Waals surface area (Å²) in [6.07, 6.45) is 9.35. The molecule has 1 aliphatic heterocycles. The fourth-order valence-corrected chi connectivity index (χ4v) is 5.31. The summed E-state index contributed by atoms with van der Waals surface area (Å²) in [4.78, 5) is 16.8. The summed E-state index contributed by atoms with van der Waals surface area (Å²) in [5.74, 6) is 0. The first-order valence-electron chi connectivity index (χ1n) is 12.6. The van der Waals surface area contributed by atoms with E-state index in [1.54, 1.807) is 6.20 Å². The Labute approximate surface area is 227 Å². The third-order valence-electron chi connectivity index (χ3n) is 6.53. The largest absolute Gasteiger partial charge is 0.378 e. The maximum absolute atomic E-state index is 5.58. The van der Waals surface area contributed by atoms with Crippen molar-refractivity contribution in [3.63, 3.8) is 0 Å². The van der Waals surface area contributed by atoms with Crippen molar-refractivity contribution in [3.8, 4) is 11.3 Å². The van der Waals surface area contributed by atoms with Crippen LogP contribution in [-0.2, 0) is 4.74 Å². The van der Waals surface area contributed by atoms with Crippen LogP contribution in [-0.4, -0.2) is 66.3 Å². The normalized spacial score (nSPS) is 14.1. The number of para-hydroxylation sites is 1. The summed E-state index contributed by atoms with van der Waals surface area (Å²) in [5, 5.41) is 17.9. The molecule has 6 aromatic rings. The van der Waals surface area contributed by atoms with Gasteiger partial charge in [-0.2, -0.15) is 5.10 Å². The lowest BCUT2D eigenvalue weighted by Crippen LogP contribution is -2.36. The molecule has 1 saturated heterocycles. The highest BCUT2D eigenvalue weighted by Crippen LogP contribution is 2.32. The van der Waals surface area contributed by atoms with Gasteiger partial charge in [0.25, 0.3) is 0 Å². The molecule has 1 aliphatic rings. The van der Waals surface area contributed by atoms with E-state index in [9.17, 15) is 0 Å². The number of anilines is 1. The molecule has 0 unspecified atom stereocenters. The number of benzene rings is 1. The maximum atomic E-state index is 5.58. The molecule has 0 atom stereocenters. The second-order valence-corrected chi connectivity index (χ2v) is 10.0. The standard InChI is InChI=1S/C28H23N9OS/c1-2-4-22-19(3-1)5-7-21(32-22)8-9-23-27(20-6-10-25(29-17-20)39-26-18-30-35-34-26)37-28(33-23)24(11-12-31-37)36-13-15-38-16-14-36/h1-12,17-18H,13-16H2,(H,30,34,35). The van der Waals surface area contributed by atoms with Crippen LogP contribution in [0.15, 0.2) is 83.2 Å². The van der Waals surface area contributed by atoms with Crippen LogP contribution in [0, 0.1) is 0 Å². The highest BCUT2D eigenvalue weighted by atomic mass is 32.2. The van der Waals surface area contributed by atoms with Crippen molar-refractivity contribution in [2.75, 3.05) is 31.2 Å². The summed E-state index contributed by atoms with van der Waals surface area (Å²) in [7, 11) is 0. The molecule has 6 heterocycles. The Morgan fingerprint density at radius 3 is 2.69 bits per heavy atom. The van der Waals surface area contributed by atoms with Crippen molar-refractivity contribution in [1.29, 1.82) is 0 Å². The van der Waals surface area contributed by atoms with E-state index in [-0.39, 0.29) is 0 Å². The summed E-state index contributed by atoms with van der Waals surface area (Å²) in [6, 6.07) is 18.2. The van der Waals surface area contributed by atoms with Crippen LogP contribution in [0.25, 0.3) is 40.0 Å². The highest BCUT2D eigenvalue weighted by molar-refractivity contribution is 7.99. The van der Waals surface area contributed by atoms with Gasteiger partial charge in [-0.25, -0.2) is 19.5 Å². The Bertz CT molecular complexity index is 1780. The average molecular weight is 534 g/mol. The Morgan fingerprint density at radius 2 is 1.85 bits per heavy atom. The molecule has 11 heteroatoms. The smallest absolute Gasteiger partial charge is 0.178 e. The third-order valence-corrected chi connectivity index (χ3v) is 7.39. The number of morpholine rings is 1. The van der Waals surface area contributed by atoms with E-state index in [0.717, 1.165) is 68.0 Å². The molecule has 0 saturated carbocycles. The third kappa shape index (κ3) is 4.73. The minimum absolute atomic E-state index is 0.692. The van der Waals surface area contributed by atoms with Gasteiger partial charge in [-0.1, -0.05) is 29.5 Å². The Kier molecular flexibility index (Phi) is 6.19. The van der Waals surface area contributed by atoms with Gasteiger partial charge in [0, 0.05) is 30.2 Å². The van der Waals surface area contributed by atoms with Crippen LogP contribution < -0.4 is 4.90 Å². The predicted octanol–water partition coefficient (Wildman–Crippen LogP) is 4.62. The van der Waals surface area contributed by atoms with Crippen molar-refractivity contribution in [3.05, 3.63) is 84.6 Å². The Morgan fingerprint density at radius 1 is 0.923 bits per heavy atom. The zero-order valence-electron chi connectivity index (χ0n) is 20.8. The van der Waals surface area contributed by atoms with E-state index < -0.39 is 0 Å². The van der Waals surface area contributed by atoms with Gasteiger partial charge >= 0.3 is 0 Å². The fraction of sp³-hybridized carbons (Fsp3) is 0.143. The number of aromatic amines is 1. The molecule has 0 amide bonds. The molecule has 5 aromatic heterocycles. The molecule has 10 nitrogen and oxygen atoms in total. The summed E-state index contributed by atoms with van der Waals surface area (Å²) in [6.45, 7) is 3.00. The van der Waals surface area contributed by atoms with E-state index in [2.05, 4.69) is 37.4 Å². The number of H-pyrrole nitrogens is 1. The minimum Gasteiger partial charge on any atom is -0.378 e. The first-order valence-corrected chi connectivity index (χ1v) is 13.4. The first-order chi connectivity index (χ1) is 19.3. The van der Waals surface area contributed by atoms with Crippen LogP contribution in [0.4, 0.5) is 5.69 Å². The van der Waals surface area contributed by atoms with Crippen LogP contribution in [0.3, 0.4) is 0 Å². The van der Waals surface area contributed by atoms with E-state index in [1.807, 2.05) is 71.5 Å². The zero-order chi connectivity index (χ0) is 26.0. The van der Waals surface area contributed by atoms with Crippen LogP contribution >= 0.6 is 11.8 Å². The summed E-state index contributed by atoms with van der Waals surface area (Å²) in [5.41, 5.74) is 6.20. The molecule has 1 fully saturated rings. The molecule has 0 spiro atoms. The number of nitrogens with one attached hydrogen (secondary N) is 1. The molecule has 0 radical (unpaired) electrons. The monoisotopic (exact) mass is 533 g/mol. The van der Waals surface area contributed by atoms with E-state index in [1.165, 1.54) is 11.8 Å². The number of pyridine rings is 2. The van der Waals surface area contributed by atoms with Gasteiger partial charge in [-0.15, -0.1) is 5.10 Å². The number of ether oxygens (including phenoxy) is 1. The van der Waals surface area contributed by atoms with Crippen molar-refractivity contribution < 1.29 is 4.74 Å². The molecule has 39 heavy (non-hydrogen) atoms. The molecule has 1 N–H and O–H groups in total. The fourth-order valence-electron chi connectivity index (χ4n) is 4.66. The lowest BCUT2D eigenvalue weighted by molar-refractivity contribution is 0.123. The number of hydrogen-bond donors (Lipinski definition) is 1. The lowest BCUT2D eigenvalue weighted by Gasteiger charge is -2.28. The number of imidazole rings is 1. The Balaban J connectivity index is 1.31. The minimum atomic E-state index is 0.692. The lowest BCUT2D eigenvalue weighted by atomic mass is 10.1. The topological polar surface area (TPSA) is 110 Å². The van der Waals surface area contributed by atoms with Crippen molar-refractivity contribution in [1.82, 2.24) is 40.0 Å². The van der Waals surface area contributed by atoms with Gasteiger partial charge in [-0.3, -0.25) is 5.10 Å². The van der Waals surface area contributed by atoms with E-state index in [4.69, 9.17) is 19.8 Å². The van der Waals surface area contributed by atoms with Crippen molar-refractivity contribution in [2.45, 2.75) is 10.1 Å². The molecular formula is C28H23N9OS. The molecule has 0 bridgehead atoms. The zero-order valence-corrected chi connectivity index (χ0v) is 21.6. The number of fused-ring (bicyclic) bond motifs is 2. The first kappa shape index (κ1) is 23.5. The average Bonchev–Trinajstić information content (AvgIpc) is 3.64. The van der Waals surface area contributed by atoms with Gasteiger partial charge in [0.1, 0.15) is 15.7 Å². The number of aromatic nitrogens is 8. The van der Waals surface area contributed by atoms with Crippen LogP contribution in [0.2, 0.25) is 0 Å². The highest BCUT2D eigenvalue weighted by Gasteiger charge is 2.21. The van der Waals surface area contributed by atoms with E-state index >= 15 is 0 Å². The van der Waals surface area contributed by atoms with Gasteiger partial charge in [0.05, 0.1) is 48.2 Å². The summed E-state index contributed by atoms with van der Waals surface area (Å²) >= 11 is 1.47. The van der Waals surface area contributed by atoms with Crippen molar-refractivity contribution in [2.24, 2.45) is 0 Å². The van der Waals surface area contributed by atoms with Crippen LogP contribution in [0.1, 0.15) is 11.4 Å². The molecule has 7 rings (SSSR count). The van der Waals surface area contributed by atoms with Crippen LogP contribution in [0.5, 0.6) is 0 Å². The second-order valence-electron chi connectivity index (χ2n) is 8.97. The Hall–Kier alpha value is -4.61. The maximum Gasteiger partial charge on any atom is 0.178 e.